The lowest BCUT2D eigenvalue weighted by atomic mass is 10.5. The van der Waals surface area contributed by atoms with Crippen molar-refractivity contribution < 1.29 is 4.73 Å². The molecule has 0 N–H and O–H groups in total. The van der Waals surface area contributed by atoms with Crippen LogP contribution < -0.4 is 4.73 Å². The molecule has 0 amide bonds. The van der Waals surface area contributed by atoms with Crippen molar-refractivity contribution in [2.75, 3.05) is 5.75 Å². The largest absolute Gasteiger partial charge is 0.618 e. The Kier molecular flexibility index (Phi) is 4.04. The van der Waals surface area contributed by atoms with Crippen LogP contribution in [0.15, 0.2) is 42.1 Å². The third-order valence-corrected chi connectivity index (χ3v) is 3.37. The van der Waals surface area contributed by atoms with Crippen LogP contribution in [0.25, 0.3) is 0 Å². The van der Waals surface area contributed by atoms with Gasteiger partial charge in [0.25, 0.3) is 5.03 Å². The molecule has 0 aliphatic heterocycles. The first kappa shape index (κ1) is 9.48. The van der Waals surface area contributed by atoms with Gasteiger partial charge in [-0.1, -0.05) is 16.9 Å². The molecule has 0 saturated carbocycles. The van der Waals surface area contributed by atoms with E-state index in [0.717, 1.165) is 10.5 Å². The fraction of sp³-hybridized carbons (Fsp3) is 0.125. The van der Waals surface area contributed by atoms with Crippen LogP contribution in [0, 0.1) is 5.21 Å². The Labute approximate surface area is 79.7 Å². The quantitative estimate of drug-likeness (QED) is 0.245. The minimum absolute atomic E-state index is 0.712. The highest BCUT2D eigenvalue weighted by Crippen LogP contribution is 2.27. The van der Waals surface area contributed by atoms with Crippen molar-refractivity contribution in [2.24, 2.45) is 0 Å². The van der Waals surface area contributed by atoms with Crippen LogP contribution >= 0.6 is 21.6 Å². The minimum Gasteiger partial charge on any atom is -0.618 e. The maximum Gasteiger partial charge on any atom is 0.261 e. The molecule has 1 aromatic rings. The van der Waals surface area contributed by atoms with E-state index in [9.17, 15) is 5.21 Å². The van der Waals surface area contributed by atoms with Gasteiger partial charge >= 0.3 is 0 Å². The zero-order valence-electron chi connectivity index (χ0n) is 6.47. The summed E-state index contributed by atoms with van der Waals surface area (Å²) < 4.78 is 0.862. The number of pyridine rings is 1. The highest BCUT2D eigenvalue weighted by atomic mass is 33.1. The van der Waals surface area contributed by atoms with Crippen molar-refractivity contribution in [3.8, 4) is 0 Å². The van der Waals surface area contributed by atoms with E-state index in [1.165, 1.54) is 17.0 Å². The molecule has 1 rings (SSSR count). The minimum atomic E-state index is 0.712. The van der Waals surface area contributed by atoms with Gasteiger partial charge in [0.1, 0.15) is 0 Å². The van der Waals surface area contributed by atoms with Gasteiger partial charge in [0.15, 0.2) is 6.20 Å². The van der Waals surface area contributed by atoms with Crippen molar-refractivity contribution in [2.45, 2.75) is 5.03 Å². The molecule has 12 heavy (non-hydrogen) atoms. The van der Waals surface area contributed by atoms with Crippen LogP contribution in [0.3, 0.4) is 0 Å². The highest BCUT2D eigenvalue weighted by Gasteiger charge is 2.02. The molecule has 0 spiro atoms. The summed E-state index contributed by atoms with van der Waals surface area (Å²) in [5.41, 5.74) is 0. The number of rotatable bonds is 4. The van der Waals surface area contributed by atoms with Gasteiger partial charge in [0.05, 0.1) is 0 Å². The summed E-state index contributed by atoms with van der Waals surface area (Å²) in [5.74, 6) is 0.847. The molecule has 0 aliphatic rings. The molecule has 0 aromatic carbocycles. The van der Waals surface area contributed by atoms with Gasteiger partial charge < -0.3 is 5.21 Å². The van der Waals surface area contributed by atoms with E-state index in [4.69, 9.17) is 0 Å². The van der Waals surface area contributed by atoms with Gasteiger partial charge in [-0.2, -0.15) is 4.73 Å². The predicted octanol–water partition coefficient (Wildman–Crippen LogP) is 2.25. The molecule has 1 heterocycles. The number of hydrogen-bond acceptors (Lipinski definition) is 3. The predicted molar refractivity (Wildman–Crippen MR) is 53.9 cm³/mol. The molecule has 2 nitrogen and oxygen atoms in total. The Morgan fingerprint density at radius 1 is 1.58 bits per heavy atom. The third kappa shape index (κ3) is 2.79. The molecule has 0 aliphatic carbocycles. The Hall–Kier alpha value is -0.610. The van der Waals surface area contributed by atoms with E-state index in [2.05, 4.69) is 6.58 Å². The third-order valence-electron chi connectivity index (χ3n) is 1.12. The Balaban J connectivity index is 2.51. The lowest BCUT2D eigenvalue weighted by molar-refractivity contribution is -0.645. The topological polar surface area (TPSA) is 26.9 Å². The van der Waals surface area contributed by atoms with Crippen LogP contribution in [0.5, 0.6) is 0 Å². The van der Waals surface area contributed by atoms with E-state index < -0.39 is 0 Å². The van der Waals surface area contributed by atoms with Crippen molar-refractivity contribution >= 4 is 21.6 Å². The second-order valence-electron chi connectivity index (χ2n) is 2.02. The summed E-state index contributed by atoms with van der Waals surface area (Å²) >= 11 is 0. The zero-order valence-corrected chi connectivity index (χ0v) is 8.11. The Morgan fingerprint density at radius 2 is 2.42 bits per heavy atom. The maximum atomic E-state index is 11.1. The second kappa shape index (κ2) is 5.11. The fourth-order valence-corrected chi connectivity index (χ4v) is 2.42. The first-order chi connectivity index (χ1) is 5.84. The average Bonchev–Trinajstić information content (AvgIpc) is 2.09. The zero-order chi connectivity index (χ0) is 8.81. The molecule has 64 valence electrons. The van der Waals surface area contributed by atoms with Gasteiger partial charge in [-0.15, -0.1) is 6.58 Å². The highest BCUT2D eigenvalue weighted by molar-refractivity contribution is 8.76. The average molecular weight is 199 g/mol. The molecule has 4 heteroatoms. The first-order valence-electron chi connectivity index (χ1n) is 3.43. The van der Waals surface area contributed by atoms with Gasteiger partial charge in [-0.05, 0) is 6.07 Å². The Morgan fingerprint density at radius 3 is 3.08 bits per heavy atom. The van der Waals surface area contributed by atoms with Crippen molar-refractivity contribution in [1.29, 1.82) is 0 Å². The second-order valence-corrected chi connectivity index (χ2v) is 4.38. The van der Waals surface area contributed by atoms with Crippen molar-refractivity contribution in [3.05, 3.63) is 42.3 Å². The number of nitrogens with zero attached hydrogens (tertiary/aromatic N) is 1. The molecule has 0 atom stereocenters. The summed E-state index contributed by atoms with van der Waals surface area (Å²) in [4.78, 5) is 0. The number of hydrogen-bond donors (Lipinski definition) is 0. The molecule has 0 unspecified atom stereocenters. The van der Waals surface area contributed by atoms with Crippen LogP contribution in [0.2, 0.25) is 0 Å². The van der Waals surface area contributed by atoms with Crippen molar-refractivity contribution in [3.63, 3.8) is 0 Å². The van der Waals surface area contributed by atoms with Crippen LogP contribution in [0.4, 0.5) is 0 Å². The van der Waals surface area contributed by atoms with E-state index in [-0.39, 0.29) is 0 Å². The van der Waals surface area contributed by atoms with Crippen LogP contribution in [0.1, 0.15) is 0 Å². The Bertz CT molecular complexity index is 265. The SMILES string of the molecule is C=CCSSc1cccc[n+]1[O-]. The summed E-state index contributed by atoms with van der Waals surface area (Å²) in [6.45, 7) is 3.60. The molecule has 0 radical (unpaired) electrons. The molecule has 0 bridgehead atoms. The smallest absolute Gasteiger partial charge is 0.261 e. The van der Waals surface area contributed by atoms with Gasteiger partial charge in [0, 0.05) is 28.7 Å². The summed E-state index contributed by atoms with van der Waals surface area (Å²) in [6, 6.07) is 5.37. The van der Waals surface area contributed by atoms with Gasteiger partial charge in [-0.3, -0.25) is 0 Å². The van der Waals surface area contributed by atoms with Crippen LogP contribution in [-0.4, -0.2) is 5.75 Å². The summed E-state index contributed by atoms with van der Waals surface area (Å²) in [5, 5.41) is 11.8. The standard InChI is InChI=1S/C8H9NOS2/c1-2-7-11-12-8-5-3-4-6-9(8)10/h2-6H,1,7H2. The van der Waals surface area contributed by atoms with E-state index in [0.29, 0.717) is 5.03 Å². The summed E-state index contributed by atoms with van der Waals surface area (Å²) in [7, 11) is 3.07. The molecular weight excluding hydrogens is 190 g/mol. The maximum absolute atomic E-state index is 11.1. The van der Waals surface area contributed by atoms with Crippen LogP contribution in [-0.2, 0) is 0 Å². The first-order valence-corrected chi connectivity index (χ1v) is 5.75. The van der Waals surface area contributed by atoms with E-state index in [1.807, 2.05) is 12.1 Å². The van der Waals surface area contributed by atoms with E-state index in [1.54, 1.807) is 22.9 Å². The van der Waals surface area contributed by atoms with Gasteiger partial charge in [-0.25, -0.2) is 0 Å². The molecule has 0 saturated heterocycles. The number of aromatic nitrogens is 1. The molecule has 0 fully saturated rings. The summed E-state index contributed by atoms with van der Waals surface area (Å²) in [6.07, 6.45) is 3.31. The fourth-order valence-electron chi connectivity index (χ4n) is 0.620. The van der Waals surface area contributed by atoms with Gasteiger partial charge in [0.2, 0.25) is 0 Å². The van der Waals surface area contributed by atoms with E-state index >= 15 is 0 Å². The molecular formula is C8H9NOS2. The monoisotopic (exact) mass is 199 g/mol. The lowest BCUT2D eigenvalue weighted by Crippen LogP contribution is -2.27. The molecule has 1 aromatic heterocycles. The van der Waals surface area contributed by atoms with Crippen molar-refractivity contribution in [1.82, 2.24) is 0 Å². The normalized spacial score (nSPS) is 9.67. The lowest BCUT2D eigenvalue weighted by Gasteiger charge is -2.00.